The third-order valence-electron chi connectivity index (χ3n) is 3.22. The molecule has 3 heteroatoms. The first-order chi connectivity index (χ1) is 9.46. The second-order valence-corrected chi connectivity index (χ2v) is 7.29. The van der Waals surface area contributed by atoms with E-state index in [0.717, 1.165) is 11.1 Å². The minimum atomic E-state index is -0.414. The van der Waals surface area contributed by atoms with E-state index in [-0.39, 0.29) is 16.6 Å². The molecule has 0 aliphatic carbocycles. The van der Waals surface area contributed by atoms with Gasteiger partial charge in [-0.3, -0.25) is 0 Å². The number of carbonyl (C=O) groups excluding carboxylic acids is 1. The van der Waals surface area contributed by atoms with E-state index in [2.05, 4.69) is 0 Å². The second-order valence-electron chi connectivity index (χ2n) is 7.29. The van der Waals surface area contributed by atoms with E-state index in [1.165, 1.54) is 6.08 Å². The van der Waals surface area contributed by atoms with Crippen molar-refractivity contribution in [3.05, 3.63) is 35.4 Å². The summed E-state index contributed by atoms with van der Waals surface area (Å²) in [5, 5.41) is 10.6. The molecule has 3 nitrogen and oxygen atoms in total. The van der Waals surface area contributed by atoms with Gasteiger partial charge in [0.05, 0.1) is 0 Å². The maximum Gasteiger partial charge on any atom is 0.335 e. The van der Waals surface area contributed by atoms with Gasteiger partial charge in [0, 0.05) is 17.2 Å². The molecule has 0 atom stereocenters. The molecule has 1 rings (SSSR count). The van der Waals surface area contributed by atoms with Crippen molar-refractivity contribution in [3.63, 3.8) is 0 Å². The molecular weight excluding hydrogens is 264 g/mol. The fourth-order valence-corrected chi connectivity index (χ4v) is 2.10. The number of carbonyl (C=O) groups is 1. The summed E-state index contributed by atoms with van der Waals surface area (Å²) in [6, 6.07) is 3.48. The van der Waals surface area contributed by atoms with Gasteiger partial charge in [-0.15, -0.1) is 0 Å². The SMILES string of the molecule is C/C=C/C(=O)Oc1cc(C(C)(C)C)c(O)c(C(C)(C)C)c1. The molecule has 0 radical (unpaired) electrons. The van der Waals surface area contributed by atoms with Crippen LogP contribution in [0.5, 0.6) is 11.5 Å². The molecule has 1 N–H and O–H groups in total. The summed E-state index contributed by atoms with van der Waals surface area (Å²) < 4.78 is 5.34. The smallest absolute Gasteiger partial charge is 0.335 e. The van der Waals surface area contributed by atoms with Gasteiger partial charge in [-0.25, -0.2) is 4.79 Å². The van der Waals surface area contributed by atoms with Gasteiger partial charge in [-0.05, 0) is 29.9 Å². The van der Waals surface area contributed by atoms with E-state index in [0.29, 0.717) is 5.75 Å². The molecule has 21 heavy (non-hydrogen) atoms. The highest BCUT2D eigenvalue weighted by atomic mass is 16.5. The van der Waals surface area contributed by atoms with E-state index in [9.17, 15) is 9.90 Å². The summed E-state index contributed by atoms with van der Waals surface area (Å²) in [5.41, 5.74) is 1.07. The van der Waals surface area contributed by atoms with Crippen molar-refractivity contribution in [2.45, 2.75) is 59.3 Å². The predicted molar refractivity (Wildman–Crippen MR) is 86.0 cm³/mol. The molecule has 0 amide bonds. The van der Waals surface area contributed by atoms with Crippen LogP contribution < -0.4 is 4.74 Å². The molecule has 0 aromatic heterocycles. The molecule has 1 aromatic rings. The Kier molecular flexibility index (Phi) is 4.87. The van der Waals surface area contributed by atoms with E-state index >= 15 is 0 Å². The first kappa shape index (κ1) is 17.3. The van der Waals surface area contributed by atoms with Crippen molar-refractivity contribution in [2.75, 3.05) is 0 Å². The van der Waals surface area contributed by atoms with Crippen molar-refractivity contribution in [2.24, 2.45) is 0 Å². The van der Waals surface area contributed by atoms with Gasteiger partial charge in [0.25, 0.3) is 0 Å². The fourth-order valence-electron chi connectivity index (χ4n) is 2.10. The Labute approximate surface area is 127 Å². The zero-order chi connectivity index (χ0) is 16.4. The number of hydrogen-bond acceptors (Lipinski definition) is 3. The Hall–Kier alpha value is -1.77. The molecule has 0 saturated heterocycles. The van der Waals surface area contributed by atoms with Crippen LogP contribution >= 0.6 is 0 Å². The summed E-state index contributed by atoms with van der Waals surface area (Å²) in [7, 11) is 0. The van der Waals surface area contributed by atoms with Gasteiger partial charge in [0.2, 0.25) is 0 Å². The highest BCUT2D eigenvalue weighted by molar-refractivity contribution is 5.84. The molecule has 1 aromatic carbocycles. The zero-order valence-corrected chi connectivity index (χ0v) is 14.1. The molecule has 0 heterocycles. The van der Waals surface area contributed by atoms with E-state index in [1.807, 2.05) is 41.5 Å². The van der Waals surface area contributed by atoms with Gasteiger partial charge in [-0.1, -0.05) is 47.6 Å². The van der Waals surface area contributed by atoms with Crippen LogP contribution in [-0.4, -0.2) is 11.1 Å². The van der Waals surface area contributed by atoms with E-state index < -0.39 is 5.97 Å². The summed E-state index contributed by atoms with van der Waals surface area (Å²) in [4.78, 5) is 11.6. The predicted octanol–water partition coefficient (Wildman–Crippen LogP) is 4.47. The molecule has 0 unspecified atom stereocenters. The second kappa shape index (κ2) is 5.92. The lowest BCUT2D eigenvalue weighted by molar-refractivity contribution is -0.129. The van der Waals surface area contributed by atoms with Crippen LogP contribution in [0.1, 0.15) is 59.6 Å². The summed E-state index contributed by atoms with van der Waals surface area (Å²) in [6.07, 6.45) is 3.01. The number of allylic oxidation sites excluding steroid dienone is 1. The lowest BCUT2D eigenvalue weighted by atomic mass is 9.79. The molecule has 0 aliphatic rings. The number of phenols is 1. The number of rotatable bonds is 2. The largest absolute Gasteiger partial charge is 0.507 e. The Morgan fingerprint density at radius 1 is 1.05 bits per heavy atom. The van der Waals surface area contributed by atoms with Crippen molar-refractivity contribution in [1.29, 1.82) is 0 Å². The molecule has 0 spiro atoms. The fraction of sp³-hybridized carbons (Fsp3) is 0.500. The van der Waals surface area contributed by atoms with Crippen LogP contribution in [0, 0.1) is 0 Å². The van der Waals surface area contributed by atoms with Crippen molar-refractivity contribution in [3.8, 4) is 11.5 Å². The topological polar surface area (TPSA) is 46.5 Å². The first-order valence-corrected chi connectivity index (χ1v) is 7.19. The van der Waals surface area contributed by atoms with Crippen molar-refractivity contribution < 1.29 is 14.6 Å². The monoisotopic (exact) mass is 290 g/mol. The quantitative estimate of drug-likeness (QED) is 0.496. The number of ether oxygens (including phenoxy) is 1. The summed E-state index contributed by atoms with van der Waals surface area (Å²) >= 11 is 0. The lowest BCUT2D eigenvalue weighted by Crippen LogP contribution is -2.18. The first-order valence-electron chi connectivity index (χ1n) is 7.19. The molecule has 116 valence electrons. The highest BCUT2D eigenvalue weighted by Gasteiger charge is 2.27. The van der Waals surface area contributed by atoms with Crippen LogP contribution in [-0.2, 0) is 15.6 Å². The van der Waals surface area contributed by atoms with Gasteiger partial charge >= 0.3 is 5.97 Å². The van der Waals surface area contributed by atoms with Crippen molar-refractivity contribution >= 4 is 5.97 Å². The number of hydrogen-bond donors (Lipinski definition) is 1. The lowest BCUT2D eigenvalue weighted by Gasteiger charge is -2.27. The Bertz CT molecular complexity index is 520. The highest BCUT2D eigenvalue weighted by Crippen LogP contribution is 2.41. The van der Waals surface area contributed by atoms with Crippen LogP contribution in [0.25, 0.3) is 0 Å². The molecular formula is C18H26O3. The summed E-state index contributed by atoms with van der Waals surface area (Å²) in [6.45, 7) is 13.9. The Balaban J connectivity index is 3.44. The minimum absolute atomic E-state index is 0.243. The van der Waals surface area contributed by atoms with Gasteiger partial charge in [-0.2, -0.15) is 0 Å². The molecule has 0 saturated carbocycles. The van der Waals surface area contributed by atoms with Gasteiger partial charge in [0.15, 0.2) is 0 Å². The maximum absolute atomic E-state index is 11.6. The number of esters is 1. The average molecular weight is 290 g/mol. The van der Waals surface area contributed by atoms with Gasteiger partial charge < -0.3 is 9.84 Å². The number of benzene rings is 1. The van der Waals surface area contributed by atoms with Gasteiger partial charge in [0.1, 0.15) is 11.5 Å². The van der Waals surface area contributed by atoms with Crippen LogP contribution in [0.3, 0.4) is 0 Å². The number of phenolic OH excluding ortho intramolecular Hbond substituents is 1. The maximum atomic E-state index is 11.6. The third-order valence-corrected chi connectivity index (χ3v) is 3.22. The van der Waals surface area contributed by atoms with Crippen LogP contribution in [0.15, 0.2) is 24.3 Å². The molecule has 0 fully saturated rings. The number of aromatic hydroxyl groups is 1. The van der Waals surface area contributed by atoms with Crippen molar-refractivity contribution in [1.82, 2.24) is 0 Å². The zero-order valence-electron chi connectivity index (χ0n) is 14.1. The minimum Gasteiger partial charge on any atom is -0.507 e. The van der Waals surface area contributed by atoms with Crippen LogP contribution in [0.4, 0.5) is 0 Å². The Morgan fingerprint density at radius 2 is 1.48 bits per heavy atom. The molecule has 0 bridgehead atoms. The third kappa shape index (κ3) is 4.35. The normalized spacial score (nSPS) is 12.7. The van der Waals surface area contributed by atoms with Crippen LogP contribution in [0.2, 0.25) is 0 Å². The molecule has 0 aliphatic heterocycles. The van der Waals surface area contributed by atoms with E-state index in [4.69, 9.17) is 4.74 Å². The van der Waals surface area contributed by atoms with E-state index in [1.54, 1.807) is 25.1 Å². The average Bonchev–Trinajstić information content (AvgIpc) is 2.28. The Morgan fingerprint density at radius 3 is 1.81 bits per heavy atom. The standard InChI is InChI=1S/C18H26O3/c1-8-9-15(19)21-12-10-13(17(2,3)4)16(20)14(11-12)18(5,6)7/h8-11,20H,1-7H3/b9-8+. The summed E-state index contributed by atoms with van der Waals surface area (Å²) in [5.74, 6) is 0.328.